The fraction of sp³-hybridized carbons (Fsp3) is 0.438. The molecule has 2 aromatic rings. The molecule has 1 aliphatic heterocycles. The largest absolute Gasteiger partial charge is 0.304 e. The van der Waals surface area contributed by atoms with Gasteiger partial charge in [-0.05, 0) is 19.5 Å². The quantitative estimate of drug-likeness (QED) is 0.813. The molecule has 2 heterocycles. The zero-order valence-electron chi connectivity index (χ0n) is 13.1. The molecule has 0 amide bonds. The highest BCUT2D eigenvalue weighted by Gasteiger charge is 2.15. The van der Waals surface area contributed by atoms with Crippen molar-refractivity contribution in [2.24, 2.45) is 4.99 Å². The van der Waals surface area contributed by atoms with Gasteiger partial charge in [-0.3, -0.25) is 4.90 Å². The van der Waals surface area contributed by atoms with E-state index in [9.17, 15) is 0 Å². The first-order valence-corrected chi connectivity index (χ1v) is 8.36. The molecular formula is C16H21N5S. The molecule has 5 nitrogen and oxygen atoms in total. The van der Waals surface area contributed by atoms with Gasteiger partial charge in [0, 0.05) is 31.9 Å². The van der Waals surface area contributed by atoms with Crippen molar-refractivity contribution in [2.75, 3.05) is 33.2 Å². The number of hydrogen-bond donors (Lipinski definition) is 0. The highest BCUT2D eigenvalue weighted by molar-refractivity contribution is 7.15. The van der Waals surface area contributed by atoms with Gasteiger partial charge < -0.3 is 4.90 Å². The summed E-state index contributed by atoms with van der Waals surface area (Å²) in [6.07, 6.45) is 0. The van der Waals surface area contributed by atoms with E-state index in [2.05, 4.69) is 44.2 Å². The van der Waals surface area contributed by atoms with E-state index in [0.29, 0.717) is 0 Å². The van der Waals surface area contributed by atoms with Crippen molar-refractivity contribution < 1.29 is 0 Å². The van der Waals surface area contributed by atoms with Crippen LogP contribution in [-0.4, -0.2) is 58.9 Å². The van der Waals surface area contributed by atoms with Gasteiger partial charge in [0.15, 0.2) is 0 Å². The topological polar surface area (TPSA) is 44.6 Å². The van der Waals surface area contributed by atoms with Crippen LogP contribution in [0.15, 0.2) is 35.3 Å². The molecule has 116 valence electrons. The molecule has 0 saturated carbocycles. The first kappa shape index (κ1) is 15.3. The number of nitrogens with zero attached hydrogens (tertiary/aromatic N) is 5. The number of hydrogen-bond acceptors (Lipinski definition) is 6. The number of aliphatic imine (C=N–C) groups is 1. The number of rotatable bonds is 4. The molecule has 0 N–H and O–H groups in total. The molecule has 6 heteroatoms. The molecule has 3 rings (SSSR count). The summed E-state index contributed by atoms with van der Waals surface area (Å²) in [5.74, 6) is 0. The molecule has 0 spiro atoms. The number of aromatic nitrogens is 2. The van der Waals surface area contributed by atoms with Crippen LogP contribution >= 0.6 is 11.3 Å². The lowest BCUT2D eigenvalue weighted by Crippen LogP contribution is -2.43. The van der Waals surface area contributed by atoms with Crippen molar-refractivity contribution in [3.63, 3.8) is 0 Å². The Kier molecular flexibility index (Phi) is 4.92. The van der Waals surface area contributed by atoms with E-state index in [1.165, 1.54) is 0 Å². The van der Waals surface area contributed by atoms with Crippen LogP contribution in [-0.2, 0) is 6.54 Å². The van der Waals surface area contributed by atoms with E-state index in [1.54, 1.807) is 11.3 Å². The van der Waals surface area contributed by atoms with Gasteiger partial charge in [0.2, 0.25) is 5.13 Å². The Hall–Kier alpha value is -1.63. The SMILES string of the molecule is C/C(=N\c1nnc(CN2CCN(C)CC2)s1)c1ccccc1. The van der Waals surface area contributed by atoms with Crippen LogP contribution in [0.3, 0.4) is 0 Å². The van der Waals surface area contributed by atoms with Crippen LogP contribution in [0.25, 0.3) is 0 Å². The summed E-state index contributed by atoms with van der Waals surface area (Å²) < 4.78 is 0. The lowest BCUT2D eigenvalue weighted by Gasteiger charge is -2.31. The molecule has 0 radical (unpaired) electrons. The molecule has 0 bridgehead atoms. The third-order valence-corrected chi connectivity index (χ3v) is 4.67. The smallest absolute Gasteiger partial charge is 0.231 e. The lowest BCUT2D eigenvalue weighted by molar-refractivity contribution is 0.148. The Morgan fingerprint density at radius 3 is 2.59 bits per heavy atom. The van der Waals surface area contributed by atoms with Crippen LogP contribution in [0.2, 0.25) is 0 Å². The van der Waals surface area contributed by atoms with Crippen LogP contribution in [0.4, 0.5) is 5.13 Å². The Bertz CT molecular complexity index is 629. The maximum absolute atomic E-state index is 4.59. The van der Waals surface area contributed by atoms with Gasteiger partial charge in [0.1, 0.15) is 5.01 Å². The zero-order chi connectivity index (χ0) is 15.4. The summed E-state index contributed by atoms with van der Waals surface area (Å²) >= 11 is 1.59. The Labute approximate surface area is 135 Å². The van der Waals surface area contributed by atoms with E-state index >= 15 is 0 Å². The summed E-state index contributed by atoms with van der Waals surface area (Å²) in [6.45, 7) is 7.32. The highest BCUT2D eigenvalue weighted by atomic mass is 32.1. The maximum Gasteiger partial charge on any atom is 0.231 e. The van der Waals surface area contributed by atoms with Gasteiger partial charge in [-0.2, -0.15) is 0 Å². The molecule has 0 aliphatic carbocycles. The Morgan fingerprint density at radius 2 is 1.86 bits per heavy atom. The van der Waals surface area contributed by atoms with E-state index in [-0.39, 0.29) is 0 Å². The van der Waals surface area contributed by atoms with Crippen LogP contribution in [0.5, 0.6) is 0 Å². The van der Waals surface area contributed by atoms with Gasteiger partial charge in [-0.25, -0.2) is 4.99 Å². The monoisotopic (exact) mass is 315 g/mol. The average Bonchev–Trinajstić information content (AvgIpc) is 2.97. The van der Waals surface area contributed by atoms with Gasteiger partial charge in [-0.15, -0.1) is 10.2 Å². The molecule has 0 atom stereocenters. The third kappa shape index (κ3) is 3.97. The fourth-order valence-corrected chi connectivity index (χ4v) is 3.24. The van der Waals surface area contributed by atoms with Gasteiger partial charge in [-0.1, -0.05) is 41.7 Å². The molecule has 1 aromatic heterocycles. The highest BCUT2D eigenvalue weighted by Crippen LogP contribution is 2.21. The van der Waals surface area contributed by atoms with E-state index in [4.69, 9.17) is 0 Å². The predicted molar refractivity (Wildman–Crippen MR) is 91.0 cm³/mol. The summed E-state index contributed by atoms with van der Waals surface area (Å²) in [5, 5.41) is 10.3. The molecule has 1 saturated heterocycles. The number of likely N-dealkylation sites (N-methyl/N-ethyl adjacent to an activating group) is 1. The predicted octanol–water partition coefficient (Wildman–Crippen LogP) is 2.43. The second-order valence-corrected chi connectivity index (χ2v) is 6.66. The van der Waals surface area contributed by atoms with Crippen molar-refractivity contribution >= 4 is 22.2 Å². The van der Waals surface area contributed by atoms with Crippen molar-refractivity contribution in [2.45, 2.75) is 13.5 Å². The lowest BCUT2D eigenvalue weighted by atomic mass is 10.1. The summed E-state index contributed by atoms with van der Waals surface area (Å²) in [6, 6.07) is 10.2. The van der Waals surface area contributed by atoms with Crippen molar-refractivity contribution in [1.82, 2.24) is 20.0 Å². The van der Waals surface area contributed by atoms with Gasteiger partial charge in [0.05, 0.1) is 6.54 Å². The molecule has 1 aliphatic rings. The third-order valence-electron chi connectivity index (χ3n) is 3.87. The standard InChI is InChI=1S/C16H21N5S/c1-13(14-6-4-3-5-7-14)17-16-19-18-15(22-16)12-21-10-8-20(2)9-11-21/h3-7H,8-12H2,1-2H3/b17-13+. The molecule has 1 aromatic carbocycles. The van der Waals surface area contributed by atoms with Crippen LogP contribution in [0, 0.1) is 0 Å². The summed E-state index contributed by atoms with van der Waals surface area (Å²) in [4.78, 5) is 9.38. The Balaban J connectivity index is 1.64. The minimum Gasteiger partial charge on any atom is -0.304 e. The average molecular weight is 315 g/mol. The minimum atomic E-state index is 0.741. The van der Waals surface area contributed by atoms with E-state index < -0.39 is 0 Å². The summed E-state index contributed by atoms with van der Waals surface area (Å²) in [7, 11) is 2.17. The normalized spacial score (nSPS) is 17.8. The molecule has 0 unspecified atom stereocenters. The molecule has 1 fully saturated rings. The van der Waals surface area contributed by atoms with E-state index in [0.717, 1.165) is 54.1 Å². The van der Waals surface area contributed by atoms with Crippen molar-refractivity contribution in [1.29, 1.82) is 0 Å². The minimum absolute atomic E-state index is 0.741. The van der Waals surface area contributed by atoms with Gasteiger partial charge in [0.25, 0.3) is 0 Å². The number of benzene rings is 1. The van der Waals surface area contributed by atoms with Crippen LogP contribution < -0.4 is 0 Å². The first-order chi connectivity index (χ1) is 10.7. The zero-order valence-corrected chi connectivity index (χ0v) is 13.9. The van der Waals surface area contributed by atoms with E-state index in [1.807, 2.05) is 25.1 Å². The summed E-state index contributed by atoms with van der Waals surface area (Å²) in [5.41, 5.74) is 2.10. The molecular weight excluding hydrogens is 294 g/mol. The second-order valence-electron chi connectivity index (χ2n) is 5.62. The second kappa shape index (κ2) is 7.09. The number of piperazine rings is 1. The van der Waals surface area contributed by atoms with Crippen molar-refractivity contribution in [3.8, 4) is 0 Å². The van der Waals surface area contributed by atoms with Crippen molar-refractivity contribution in [3.05, 3.63) is 40.9 Å². The Morgan fingerprint density at radius 1 is 1.14 bits per heavy atom. The first-order valence-electron chi connectivity index (χ1n) is 7.55. The maximum atomic E-state index is 4.59. The fourth-order valence-electron chi connectivity index (χ4n) is 2.44. The molecule has 22 heavy (non-hydrogen) atoms. The van der Waals surface area contributed by atoms with Gasteiger partial charge >= 0.3 is 0 Å². The van der Waals surface area contributed by atoms with Crippen LogP contribution in [0.1, 0.15) is 17.5 Å².